The fourth-order valence-electron chi connectivity index (χ4n) is 0.375. The van der Waals surface area contributed by atoms with Gasteiger partial charge in [0, 0.05) is 6.92 Å². The van der Waals surface area contributed by atoms with Crippen LogP contribution in [-0.2, 0) is 28.9 Å². The minimum absolute atomic E-state index is 0. The number of esters is 2. The summed E-state index contributed by atoms with van der Waals surface area (Å²) in [6.07, 6.45) is -26.3. The maximum atomic E-state index is 11.5. The van der Waals surface area contributed by atoms with E-state index in [0.29, 0.717) is 0 Å². The minimum Gasteiger partial charge on any atom is -0.467 e. The zero-order valence-electron chi connectivity index (χ0n) is 20.2. The molecule has 8 nitrogen and oxygen atoms in total. The van der Waals surface area contributed by atoms with Gasteiger partial charge in [-0.1, -0.05) is 7.43 Å². The van der Waals surface area contributed by atoms with Crippen LogP contribution in [0.5, 0.6) is 0 Å². The molecule has 0 saturated carbocycles. The minimum atomic E-state index is -5.76. The highest BCUT2D eigenvalue weighted by atomic mass is 19.4. The number of methoxy groups -OCH3 is 1. The lowest BCUT2D eigenvalue weighted by molar-refractivity contribution is -0.370. The van der Waals surface area contributed by atoms with Crippen LogP contribution in [0.3, 0.4) is 0 Å². The largest absolute Gasteiger partial charge is 0.575 e. The molecular formula is C15H16F22O8. The lowest BCUT2D eigenvalue weighted by Crippen LogP contribution is -2.38. The Morgan fingerprint density at radius 3 is 1.02 bits per heavy atom. The Labute approximate surface area is 233 Å². The lowest BCUT2D eigenvalue weighted by atomic mass is 10.4. The summed E-state index contributed by atoms with van der Waals surface area (Å²) in [5, 5.41) is 0. The average Bonchev–Trinajstić information content (AvgIpc) is 2.77. The summed E-state index contributed by atoms with van der Waals surface area (Å²) in [6, 6.07) is 0. The summed E-state index contributed by atoms with van der Waals surface area (Å²) in [5.41, 5.74) is 0. The molecule has 0 atom stereocenters. The van der Waals surface area contributed by atoms with E-state index in [1.165, 1.54) is 0 Å². The third-order valence-electron chi connectivity index (χ3n) is 1.53. The lowest BCUT2D eigenvalue weighted by Gasteiger charge is -2.14. The molecule has 0 spiro atoms. The fourth-order valence-corrected chi connectivity index (χ4v) is 0.375. The van der Waals surface area contributed by atoms with Gasteiger partial charge in [0.15, 0.2) is 13.3 Å². The van der Waals surface area contributed by atoms with Crippen LogP contribution in [0, 0.1) is 0 Å². The zero-order valence-corrected chi connectivity index (χ0v) is 20.2. The van der Waals surface area contributed by atoms with Gasteiger partial charge in [0.1, 0.15) is 0 Å². The molecule has 0 heterocycles. The van der Waals surface area contributed by atoms with E-state index in [-0.39, 0.29) is 14.4 Å². The molecule has 0 fully saturated rings. The second-order valence-electron chi connectivity index (χ2n) is 4.93. The SMILES string of the molecule is C.CC(F)(F)F.COC(=O)COF.FCC(F)(F)C(F)(F)F.FCF.O=C(F)F.O=C(F)F.O=C(OC(F)(F)F)C(F)(F)OF. The first kappa shape index (κ1) is 60.8. The number of ether oxygens (including phenoxy) is 2. The van der Waals surface area contributed by atoms with Crippen molar-refractivity contribution >= 4 is 24.5 Å². The fraction of sp³-hybridized carbons (Fsp3) is 0.733. The van der Waals surface area contributed by atoms with Gasteiger partial charge < -0.3 is 9.47 Å². The van der Waals surface area contributed by atoms with Crippen molar-refractivity contribution in [3.63, 3.8) is 0 Å². The first-order valence-electron chi connectivity index (χ1n) is 8.36. The zero-order chi connectivity index (χ0) is 37.8. The summed E-state index contributed by atoms with van der Waals surface area (Å²) in [5.74, 6) is -9.08. The Morgan fingerprint density at radius 1 is 0.667 bits per heavy atom. The highest BCUT2D eigenvalue weighted by molar-refractivity contribution is 5.75. The maximum Gasteiger partial charge on any atom is 0.575 e. The molecule has 0 aliphatic carbocycles. The van der Waals surface area contributed by atoms with Gasteiger partial charge in [-0.15, -0.1) is 35.7 Å². The van der Waals surface area contributed by atoms with Gasteiger partial charge >= 0.3 is 55.3 Å². The van der Waals surface area contributed by atoms with Crippen molar-refractivity contribution in [2.24, 2.45) is 0 Å². The topological polar surface area (TPSA) is 105 Å². The van der Waals surface area contributed by atoms with E-state index < -0.39 is 75.5 Å². The summed E-state index contributed by atoms with van der Waals surface area (Å²) in [7, 11) is 1.15. The molecule has 0 amide bonds. The van der Waals surface area contributed by atoms with Crippen molar-refractivity contribution in [2.75, 3.05) is 27.3 Å². The van der Waals surface area contributed by atoms with Crippen molar-refractivity contribution in [1.82, 2.24) is 0 Å². The van der Waals surface area contributed by atoms with Crippen LogP contribution in [0.1, 0.15) is 14.4 Å². The van der Waals surface area contributed by atoms with Crippen LogP contribution in [-0.4, -0.2) is 82.6 Å². The second-order valence-corrected chi connectivity index (χ2v) is 4.93. The normalized spacial score (nSPS) is 10.4. The molecule has 0 N–H and O–H groups in total. The van der Waals surface area contributed by atoms with E-state index in [1.807, 2.05) is 0 Å². The molecular weight excluding hydrogens is 726 g/mol. The number of alkyl halides is 16. The number of hydrogen-bond acceptors (Lipinski definition) is 8. The predicted molar refractivity (Wildman–Crippen MR) is 96.1 cm³/mol. The van der Waals surface area contributed by atoms with Crippen LogP contribution in [0.15, 0.2) is 0 Å². The van der Waals surface area contributed by atoms with Gasteiger partial charge in [0.05, 0.1) is 7.11 Å². The third-order valence-corrected chi connectivity index (χ3v) is 1.53. The van der Waals surface area contributed by atoms with Crippen LogP contribution in [0.25, 0.3) is 0 Å². The number of hydrogen-bond donors (Lipinski definition) is 0. The first-order chi connectivity index (χ1) is 19.2. The van der Waals surface area contributed by atoms with E-state index in [0.717, 1.165) is 7.11 Å². The number of halogens is 22. The Kier molecular flexibility index (Phi) is 41.4. The molecule has 0 bridgehead atoms. The molecule has 0 radical (unpaired) electrons. The third kappa shape index (κ3) is 79.4. The average molecular weight is 742 g/mol. The summed E-state index contributed by atoms with van der Waals surface area (Å²) >= 11 is 0. The molecule has 0 aromatic heterocycles. The van der Waals surface area contributed by atoms with Gasteiger partial charge in [-0.3, -0.25) is 0 Å². The van der Waals surface area contributed by atoms with Gasteiger partial charge in [-0.25, -0.2) is 32.3 Å². The molecule has 0 aliphatic rings. The van der Waals surface area contributed by atoms with Crippen LogP contribution in [0.2, 0.25) is 0 Å². The molecule has 0 aliphatic heterocycles. The predicted octanol–water partition coefficient (Wildman–Crippen LogP) is 8.94. The highest BCUT2D eigenvalue weighted by Crippen LogP contribution is 2.35. The molecule has 0 rings (SSSR count). The van der Waals surface area contributed by atoms with E-state index in [2.05, 4.69) is 14.4 Å². The van der Waals surface area contributed by atoms with Crippen molar-refractivity contribution in [3.8, 4) is 0 Å². The molecule has 30 heteroatoms. The Bertz CT molecular complexity index is 711. The highest BCUT2D eigenvalue weighted by Gasteiger charge is 2.57. The summed E-state index contributed by atoms with van der Waals surface area (Å²) in [4.78, 5) is 40.3. The standard InChI is InChI=1S/C3F6O3.C3H2F6.C3H5FO3.C2H3F3.2CF2O.CH2F2.CH4/c4-2(5,12-9)1(10)11-3(6,7)8;4-1-2(5,6)3(7,8)9;1-6-3(5)2-7-4;1-2(3,4)5;2*2-1(3)4;2-1-3;/h;1H2;2H2,1H3;1H3;;;1H2;1H4. The van der Waals surface area contributed by atoms with Crippen molar-refractivity contribution in [3.05, 3.63) is 0 Å². The number of carbonyl (C=O) groups is 4. The Balaban J connectivity index is -0.0000000621. The van der Waals surface area contributed by atoms with Gasteiger partial charge in [0.2, 0.25) is 6.93 Å². The Hall–Kier alpha value is -3.34. The second kappa shape index (κ2) is 30.7. The van der Waals surface area contributed by atoms with Gasteiger partial charge in [-0.2, -0.15) is 48.8 Å². The van der Waals surface area contributed by atoms with E-state index >= 15 is 0 Å². The molecule has 0 aromatic carbocycles. The molecule has 0 unspecified atom stereocenters. The van der Waals surface area contributed by atoms with Crippen molar-refractivity contribution in [2.45, 2.75) is 45.1 Å². The monoisotopic (exact) mass is 742 g/mol. The quantitative estimate of drug-likeness (QED) is 0.156. The molecule has 45 heavy (non-hydrogen) atoms. The van der Waals surface area contributed by atoms with Crippen molar-refractivity contribution in [1.29, 1.82) is 0 Å². The van der Waals surface area contributed by atoms with E-state index in [1.54, 1.807) is 4.94 Å². The summed E-state index contributed by atoms with van der Waals surface area (Å²) in [6.45, 7) is -4.89. The Morgan fingerprint density at radius 2 is 0.933 bits per heavy atom. The van der Waals surface area contributed by atoms with E-state index in [4.69, 9.17) is 9.59 Å². The number of rotatable bonds is 5. The maximum absolute atomic E-state index is 11.5. The van der Waals surface area contributed by atoms with Crippen LogP contribution >= 0.6 is 0 Å². The van der Waals surface area contributed by atoms with Crippen LogP contribution < -0.4 is 0 Å². The van der Waals surface area contributed by atoms with Crippen molar-refractivity contribution < 1.29 is 135 Å². The first-order valence-corrected chi connectivity index (χ1v) is 8.36. The van der Waals surface area contributed by atoms with Gasteiger partial charge in [-0.05, 0) is 9.05 Å². The molecule has 0 saturated heterocycles. The van der Waals surface area contributed by atoms with E-state index in [9.17, 15) is 106 Å². The van der Waals surface area contributed by atoms with Gasteiger partial charge in [0.25, 0.3) is 0 Å². The summed E-state index contributed by atoms with van der Waals surface area (Å²) < 4.78 is 238. The smallest absolute Gasteiger partial charge is 0.467 e. The molecule has 278 valence electrons. The molecule has 0 aromatic rings. The van der Waals surface area contributed by atoms with Crippen LogP contribution in [0.4, 0.5) is 106 Å². The number of carbonyl (C=O) groups excluding carboxylic acids is 4.